The number of aromatic nitrogens is 2. The minimum atomic E-state index is 0.345. The Hall–Kier alpha value is -1.92. The summed E-state index contributed by atoms with van der Waals surface area (Å²) in [6, 6.07) is 6.62. The van der Waals surface area contributed by atoms with Gasteiger partial charge >= 0.3 is 0 Å². The van der Waals surface area contributed by atoms with Crippen molar-refractivity contribution in [3.63, 3.8) is 0 Å². The molecular formula is C19H25N3O3. The van der Waals surface area contributed by atoms with Crippen LogP contribution in [0.3, 0.4) is 0 Å². The van der Waals surface area contributed by atoms with Crippen LogP contribution in [-0.2, 0) is 24.1 Å². The van der Waals surface area contributed by atoms with Crippen molar-refractivity contribution in [3.8, 4) is 5.75 Å². The molecule has 0 atom stereocenters. The molecule has 0 spiro atoms. The number of benzene rings is 1. The van der Waals surface area contributed by atoms with Crippen LogP contribution in [-0.4, -0.2) is 47.4 Å². The standard InChI is InChI=1S/C19H25N3O3/c1-14-20-19(21-25-14)7-11-23-17-4-8-22(9-5-17)13-15-2-3-18-16(12-15)6-10-24-18/h2-3,12,17H,4-11,13H2,1H3. The molecule has 3 heterocycles. The van der Waals surface area contributed by atoms with Crippen LogP contribution in [0.2, 0.25) is 0 Å². The monoisotopic (exact) mass is 343 g/mol. The van der Waals surface area contributed by atoms with Gasteiger partial charge < -0.3 is 14.0 Å². The van der Waals surface area contributed by atoms with Crippen molar-refractivity contribution in [2.24, 2.45) is 0 Å². The SMILES string of the molecule is Cc1nc(CCOC2CCN(Cc3ccc4c(c3)CCO4)CC2)no1. The minimum absolute atomic E-state index is 0.345. The fraction of sp³-hybridized carbons (Fsp3) is 0.579. The quantitative estimate of drug-likeness (QED) is 0.803. The van der Waals surface area contributed by atoms with Gasteiger partial charge in [-0.1, -0.05) is 17.3 Å². The van der Waals surface area contributed by atoms with E-state index in [9.17, 15) is 0 Å². The Morgan fingerprint density at radius 1 is 1.28 bits per heavy atom. The first-order valence-electron chi connectivity index (χ1n) is 9.14. The molecule has 1 aromatic carbocycles. The molecule has 0 unspecified atom stereocenters. The smallest absolute Gasteiger partial charge is 0.223 e. The second kappa shape index (κ2) is 7.54. The average Bonchev–Trinajstić information content (AvgIpc) is 3.25. The van der Waals surface area contributed by atoms with E-state index in [2.05, 4.69) is 33.2 Å². The Morgan fingerprint density at radius 3 is 2.96 bits per heavy atom. The predicted octanol–water partition coefficient (Wildman–Crippen LogP) is 2.54. The highest BCUT2D eigenvalue weighted by Gasteiger charge is 2.20. The topological polar surface area (TPSA) is 60.6 Å². The molecule has 2 aliphatic rings. The van der Waals surface area contributed by atoms with Gasteiger partial charge in [-0.2, -0.15) is 4.98 Å². The lowest BCUT2D eigenvalue weighted by Crippen LogP contribution is -2.36. The van der Waals surface area contributed by atoms with E-state index in [4.69, 9.17) is 14.0 Å². The predicted molar refractivity (Wildman–Crippen MR) is 92.6 cm³/mol. The molecule has 1 aromatic heterocycles. The molecule has 1 saturated heterocycles. The highest BCUT2D eigenvalue weighted by molar-refractivity contribution is 5.39. The minimum Gasteiger partial charge on any atom is -0.493 e. The normalized spacial score (nSPS) is 18.3. The molecule has 0 amide bonds. The highest BCUT2D eigenvalue weighted by Crippen LogP contribution is 2.27. The van der Waals surface area contributed by atoms with Crippen molar-refractivity contribution < 1.29 is 14.0 Å². The number of likely N-dealkylation sites (tertiary alicyclic amines) is 1. The number of aryl methyl sites for hydroxylation is 1. The van der Waals surface area contributed by atoms with Crippen molar-refractivity contribution in [3.05, 3.63) is 41.0 Å². The third kappa shape index (κ3) is 4.19. The largest absolute Gasteiger partial charge is 0.493 e. The van der Waals surface area contributed by atoms with Gasteiger partial charge in [0.1, 0.15) is 5.75 Å². The fourth-order valence-corrected chi connectivity index (χ4v) is 3.59. The second-order valence-electron chi connectivity index (χ2n) is 6.87. The molecule has 0 radical (unpaired) electrons. The Morgan fingerprint density at radius 2 is 2.16 bits per heavy atom. The van der Waals surface area contributed by atoms with Crippen LogP contribution in [0.5, 0.6) is 5.75 Å². The van der Waals surface area contributed by atoms with E-state index in [0.717, 1.165) is 63.5 Å². The molecule has 1 fully saturated rings. The molecule has 0 N–H and O–H groups in total. The number of ether oxygens (including phenoxy) is 2. The van der Waals surface area contributed by atoms with E-state index in [0.29, 0.717) is 18.6 Å². The van der Waals surface area contributed by atoms with Crippen LogP contribution < -0.4 is 4.74 Å². The molecule has 0 aliphatic carbocycles. The number of hydrogen-bond acceptors (Lipinski definition) is 6. The molecule has 2 aromatic rings. The number of nitrogens with zero attached hydrogens (tertiary/aromatic N) is 3. The van der Waals surface area contributed by atoms with Crippen molar-refractivity contribution in [2.75, 3.05) is 26.3 Å². The van der Waals surface area contributed by atoms with Crippen molar-refractivity contribution in [1.82, 2.24) is 15.0 Å². The summed E-state index contributed by atoms with van der Waals surface area (Å²) in [6.45, 7) is 6.47. The van der Waals surface area contributed by atoms with Gasteiger partial charge in [-0.05, 0) is 30.0 Å². The van der Waals surface area contributed by atoms with Gasteiger partial charge in [0.15, 0.2) is 5.82 Å². The number of hydrogen-bond donors (Lipinski definition) is 0. The number of fused-ring (bicyclic) bond motifs is 1. The second-order valence-corrected chi connectivity index (χ2v) is 6.87. The van der Waals surface area contributed by atoms with Gasteiger partial charge in [0.2, 0.25) is 5.89 Å². The summed E-state index contributed by atoms with van der Waals surface area (Å²) in [5.74, 6) is 2.41. The zero-order chi connectivity index (χ0) is 17.1. The van der Waals surface area contributed by atoms with Crippen molar-refractivity contribution in [1.29, 1.82) is 0 Å². The lowest BCUT2D eigenvalue weighted by molar-refractivity contribution is 0.00676. The Bertz CT molecular complexity index is 708. The summed E-state index contributed by atoms with van der Waals surface area (Å²) in [6.07, 6.45) is 4.27. The van der Waals surface area contributed by atoms with Crippen LogP contribution in [0.4, 0.5) is 0 Å². The third-order valence-corrected chi connectivity index (χ3v) is 4.94. The molecule has 2 aliphatic heterocycles. The number of rotatable bonds is 6. The first-order valence-corrected chi connectivity index (χ1v) is 9.14. The van der Waals surface area contributed by atoms with Gasteiger partial charge in [-0.3, -0.25) is 4.90 Å². The first kappa shape index (κ1) is 16.5. The maximum atomic E-state index is 5.99. The summed E-state index contributed by atoms with van der Waals surface area (Å²) in [5, 5.41) is 3.90. The Labute approximate surface area is 148 Å². The lowest BCUT2D eigenvalue weighted by atomic mass is 10.0. The summed E-state index contributed by atoms with van der Waals surface area (Å²) in [4.78, 5) is 6.72. The van der Waals surface area contributed by atoms with Gasteiger partial charge in [-0.25, -0.2) is 0 Å². The van der Waals surface area contributed by atoms with Gasteiger partial charge in [0, 0.05) is 39.4 Å². The van der Waals surface area contributed by atoms with E-state index in [-0.39, 0.29) is 0 Å². The van der Waals surface area contributed by atoms with Crippen molar-refractivity contribution in [2.45, 2.75) is 45.3 Å². The molecule has 4 rings (SSSR count). The fourth-order valence-electron chi connectivity index (χ4n) is 3.59. The van der Waals surface area contributed by atoms with Crippen LogP contribution in [0.25, 0.3) is 0 Å². The Kier molecular flexibility index (Phi) is 4.99. The molecule has 6 heteroatoms. The molecule has 6 nitrogen and oxygen atoms in total. The number of piperidine rings is 1. The van der Waals surface area contributed by atoms with E-state index in [1.54, 1.807) is 6.92 Å². The summed E-state index contributed by atoms with van der Waals surface area (Å²) < 4.78 is 16.5. The lowest BCUT2D eigenvalue weighted by Gasteiger charge is -2.32. The first-order chi connectivity index (χ1) is 12.3. The van der Waals surface area contributed by atoms with Crippen LogP contribution in [0.15, 0.2) is 22.7 Å². The van der Waals surface area contributed by atoms with E-state index >= 15 is 0 Å². The average molecular weight is 343 g/mol. The summed E-state index contributed by atoms with van der Waals surface area (Å²) >= 11 is 0. The van der Waals surface area contributed by atoms with E-state index < -0.39 is 0 Å². The van der Waals surface area contributed by atoms with Crippen LogP contribution >= 0.6 is 0 Å². The Balaban J connectivity index is 1.19. The molecule has 25 heavy (non-hydrogen) atoms. The zero-order valence-corrected chi connectivity index (χ0v) is 14.7. The third-order valence-electron chi connectivity index (χ3n) is 4.94. The van der Waals surface area contributed by atoms with Crippen LogP contribution in [0, 0.1) is 6.92 Å². The van der Waals surface area contributed by atoms with Gasteiger partial charge in [0.25, 0.3) is 0 Å². The molecule has 134 valence electrons. The van der Waals surface area contributed by atoms with E-state index in [1.165, 1.54) is 11.1 Å². The van der Waals surface area contributed by atoms with Gasteiger partial charge in [0.05, 0.1) is 19.3 Å². The van der Waals surface area contributed by atoms with Crippen LogP contribution in [0.1, 0.15) is 35.7 Å². The molecule has 0 saturated carbocycles. The maximum Gasteiger partial charge on any atom is 0.223 e. The molecule has 0 bridgehead atoms. The van der Waals surface area contributed by atoms with E-state index in [1.807, 2.05) is 0 Å². The van der Waals surface area contributed by atoms with Crippen molar-refractivity contribution >= 4 is 0 Å². The zero-order valence-electron chi connectivity index (χ0n) is 14.7. The summed E-state index contributed by atoms with van der Waals surface area (Å²) in [7, 11) is 0. The highest BCUT2D eigenvalue weighted by atomic mass is 16.5. The van der Waals surface area contributed by atoms with Gasteiger partial charge in [-0.15, -0.1) is 0 Å². The summed E-state index contributed by atoms with van der Waals surface area (Å²) in [5.41, 5.74) is 2.74. The molecular weight excluding hydrogens is 318 g/mol. The maximum absolute atomic E-state index is 5.99.